The zero-order chi connectivity index (χ0) is 27.8. The summed E-state index contributed by atoms with van der Waals surface area (Å²) in [6.07, 6.45) is 2.00. The second kappa shape index (κ2) is 10.7. The van der Waals surface area contributed by atoms with Crippen molar-refractivity contribution >= 4 is 22.8 Å². The number of ether oxygens (including phenoxy) is 1. The van der Waals surface area contributed by atoms with E-state index in [1.807, 2.05) is 66.4 Å². The first-order chi connectivity index (χ1) is 19.5. The van der Waals surface area contributed by atoms with Gasteiger partial charge in [-0.25, -0.2) is 4.79 Å². The third-order valence-electron chi connectivity index (χ3n) is 9.02. The Morgan fingerprint density at radius 1 is 0.975 bits per heavy atom. The second-order valence-corrected chi connectivity index (χ2v) is 11.0. The van der Waals surface area contributed by atoms with Crippen LogP contribution in [-0.4, -0.2) is 34.0 Å². The van der Waals surface area contributed by atoms with Gasteiger partial charge in [0.15, 0.2) is 0 Å². The van der Waals surface area contributed by atoms with Gasteiger partial charge in [-0.1, -0.05) is 61.5 Å². The van der Waals surface area contributed by atoms with Crippen LogP contribution in [0, 0.1) is 29.1 Å². The first kappa shape index (κ1) is 25.9. The lowest BCUT2D eigenvalue weighted by Crippen LogP contribution is -2.59. The number of nitrogens with zero attached hydrogens (tertiary/aromatic N) is 3. The number of aryl methyl sites for hydroxylation is 1. The zero-order valence-electron chi connectivity index (χ0n) is 22.9. The maximum atomic E-state index is 14.2. The number of fused-ring (bicyclic) bond motifs is 6. The molecule has 6 heteroatoms. The molecule has 1 amide bonds. The van der Waals surface area contributed by atoms with Crippen LogP contribution in [0.25, 0.3) is 10.9 Å². The molecular weight excluding hydrogens is 498 g/mol. The predicted molar refractivity (Wildman–Crippen MR) is 153 cm³/mol. The summed E-state index contributed by atoms with van der Waals surface area (Å²) < 4.78 is 8.18. The molecule has 3 aromatic carbocycles. The van der Waals surface area contributed by atoms with Crippen molar-refractivity contribution in [2.75, 3.05) is 6.61 Å². The van der Waals surface area contributed by atoms with E-state index in [1.54, 1.807) is 12.1 Å². The molecule has 5 atom stereocenters. The molecule has 202 valence electrons. The molecule has 2 bridgehead atoms. The van der Waals surface area contributed by atoms with Crippen LogP contribution >= 0.6 is 0 Å². The van der Waals surface area contributed by atoms with E-state index in [4.69, 9.17) is 4.74 Å². The van der Waals surface area contributed by atoms with Crippen LogP contribution in [0.1, 0.15) is 57.8 Å². The first-order valence-electron chi connectivity index (χ1n) is 14.1. The van der Waals surface area contributed by atoms with Crippen molar-refractivity contribution in [1.29, 1.82) is 5.26 Å². The van der Waals surface area contributed by atoms with Gasteiger partial charge in [0.1, 0.15) is 0 Å². The lowest BCUT2D eigenvalue weighted by Gasteiger charge is -2.53. The zero-order valence-corrected chi connectivity index (χ0v) is 22.9. The largest absolute Gasteiger partial charge is 0.462 e. The summed E-state index contributed by atoms with van der Waals surface area (Å²) in [4.78, 5) is 29.3. The van der Waals surface area contributed by atoms with Gasteiger partial charge in [-0.2, -0.15) is 5.26 Å². The number of carbonyl (C=O) groups excluding carboxylic acids is 2. The van der Waals surface area contributed by atoms with Crippen LogP contribution in [0.5, 0.6) is 0 Å². The molecule has 6 rings (SSSR count). The molecule has 3 heterocycles. The van der Waals surface area contributed by atoms with Gasteiger partial charge in [-0.15, -0.1) is 0 Å². The fraction of sp³-hybridized carbons (Fsp3) is 0.324. The number of nitriles is 1. The minimum atomic E-state index is -0.380. The van der Waals surface area contributed by atoms with Crippen molar-refractivity contribution < 1.29 is 14.3 Å². The van der Waals surface area contributed by atoms with E-state index in [2.05, 4.69) is 35.9 Å². The van der Waals surface area contributed by atoms with Crippen LogP contribution in [-0.2, 0) is 18.2 Å². The van der Waals surface area contributed by atoms with E-state index in [-0.39, 0.29) is 48.3 Å². The van der Waals surface area contributed by atoms with Crippen molar-refractivity contribution in [3.05, 3.63) is 107 Å². The molecule has 0 saturated carbocycles. The first-order valence-corrected chi connectivity index (χ1v) is 14.1. The summed E-state index contributed by atoms with van der Waals surface area (Å²) in [5.74, 6) is -0.785. The van der Waals surface area contributed by atoms with Gasteiger partial charge < -0.3 is 14.2 Å². The maximum absolute atomic E-state index is 14.2. The molecule has 40 heavy (non-hydrogen) atoms. The van der Waals surface area contributed by atoms with Gasteiger partial charge in [0.25, 0.3) is 5.91 Å². The van der Waals surface area contributed by atoms with Crippen molar-refractivity contribution in [2.24, 2.45) is 24.8 Å². The Labute approximate surface area is 234 Å². The average molecular weight is 532 g/mol. The molecule has 2 aliphatic rings. The Morgan fingerprint density at radius 2 is 1.62 bits per heavy atom. The van der Waals surface area contributed by atoms with Crippen LogP contribution in [0.15, 0.2) is 84.9 Å². The topological polar surface area (TPSA) is 75.3 Å². The van der Waals surface area contributed by atoms with Gasteiger partial charge in [0.2, 0.25) is 0 Å². The monoisotopic (exact) mass is 531 g/mol. The molecule has 3 unspecified atom stereocenters. The number of aromatic nitrogens is 1. The predicted octanol–water partition coefficient (Wildman–Crippen LogP) is 6.33. The standard InChI is InChI=1S/C34H33N3O3/c1-3-22(20-35)26-18-31-32-27(25-16-10-11-17-29(25)36(32)2)19-30(37(31)33(38)23-12-6-4-7-13-23)28(26)21-40-34(39)24-14-8-5-9-15-24/h4-17,22,26,28,30-31H,3,18-19,21H2,1-2H3/t22?,26?,28?,30-,31-/m1/s1. The summed E-state index contributed by atoms with van der Waals surface area (Å²) in [6, 6.07) is 29.0. The minimum absolute atomic E-state index is 0.0143. The van der Waals surface area contributed by atoms with E-state index in [0.29, 0.717) is 30.4 Å². The SMILES string of the molecule is CCC(C#N)C1C[C@@H]2c3c(c4ccccc4n3C)C[C@H](C1COC(=O)c1ccccc1)N2C(=O)c1ccccc1. The van der Waals surface area contributed by atoms with Gasteiger partial charge in [-0.05, 0) is 61.1 Å². The number of amides is 1. The number of rotatable bonds is 6. The fourth-order valence-electron chi connectivity index (χ4n) is 7.14. The van der Waals surface area contributed by atoms with Crippen LogP contribution in [0.2, 0.25) is 0 Å². The smallest absolute Gasteiger partial charge is 0.338 e. The van der Waals surface area contributed by atoms with E-state index in [9.17, 15) is 14.9 Å². The number of esters is 1. The molecule has 4 aromatic rings. The Morgan fingerprint density at radius 3 is 2.30 bits per heavy atom. The maximum Gasteiger partial charge on any atom is 0.338 e. The van der Waals surface area contributed by atoms with E-state index in [1.165, 1.54) is 10.9 Å². The van der Waals surface area contributed by atoms with Gasteiger partial charge in [0, 0.05) is 47.1 Å². The van der Waals surface area contributed by atoms with Crippen molar-refractivity contribution in [3.8, 4) is 6.07 Å². The molecule has 0 spiro atoms. The number of carbonyl (C=O) groups is 2. The molecule has 1 aromatic heterocycles. The highest BCUT2D eigenvalue weighted by molar-refractivity contribution is 5.96. The quantitative estimate of drug-likeness (QED) is 0.273. The molecule has 0 N–H and O–H groups in total. The van der Waals surface area contributed by atoms with E-state index < -0.39 is 0 Å². The molecule has 2 aliphatic heterocycles. The Hall–Kier alpha value is -4.37. The second-order valence-electron chi connectivity index (χ2n) is 11.0. The fourth-order valence-corrected chi connectivity index (χ4v) is 7.14. The summed E-state index contributed by atoms with van der Waals surface area (Å²) in [6.45, 7) is 2.20. The molecule has 0 radical (unpaired) electrons. The van der Waals surface area contributed by atoms with Crippen molar-refractivity contribution in [1.82, 2.24) is 9.47 Å². The van der Waals surface area contributed by atoms with Crippen molar-refractivity contribution in [2.45, 2.75) is 38.3 Å². The summed E-state index contributed by atoms with van der Waals surface area (Å²) >= 11 is 0. The van der Waals surface area contributed by atoms with E-state index in [0.717, 1.165) is 11.2 Å². The van der Waals surface area contributed by atoms with Gasteiger partial charge in [0.05, 0.1) is 24.3 Å². The Balaban J connectivity index is 1.46. The summed E-state index contributed by atoms with van der Waals surface area (Å²) in [7, 11) is 2.08. The molecular formula is C34H33N3O3. The van der Waals surface area contributed by atoms with Crippen LogP contribution in [0.3, 0.4) is 0 Å². The molecule has 0 aliphatic carbocycles. The third-order valence-corrected chi connectivity index (χ3v) is 9.02. The van der Waals surface area contributed by atoms with Gasteiger partial charge >= 0.3 is 5.97 Å². The van der Waals surface area contributed by atoms with Crippen LogP contribution < -0.4 is 0 Å². The lowest BCUT2D eigenvalue weighted by atomic mass is 9.66. The molecule has 1 fully saturated rings. The number of benzene rings is 3. The summed E-state index contributed by atoms with van der Waals surface area (Å²) in [5, 5.41) is 11.4. The number of hydrogen-bond acceptors (Lipinski definition) is 4. The number of hydrogen-bond donors (Lipinski definition) is 0. The number of para-hydroxylation sites is 1. The highest BCUT2D eigenvalue weighted by Crippen LogP contribution is 2.52. The van der Waals surface area contributed by atoms with Gasteiger partial charge in [-0.3, -0.25) is 4.79 Å². The highest BCUT2D eigenvalue weighted by atomic mass is 16.5. The highest BCUT2D eigenvalue weighted by Gasteiger charge is 2.52. The third kappa shape index (κ3) is 4.26. The molecule has 6 nitrogen and oxygen atoms in total. The minimum Gasteiger partial charge on any atom is -0.462 e. The Bertz CT molecular complexity index is 1590. The normalized spacial score (nSPS) is 22.3. The number of piperidine rings is 1. The summed E-state index contributed by atoms with van der Waals surface area (Å²) in [5.41, 5.74) is 4.69. The Kier molecular flexibility index (Phi) is 6.89. The van der Waals surface area contributed by atoms with Crippen molar-refractivity contribution in [3.63, 3.8) is 0 Å². The van der Waals surface area contributed by atoms with E-state index >= 15 is 0 Å². The van der Waals surface area contributed by atoms with Crippen LogP contribution in [0.4, 0.5) is 0 Å². The average Bonchev–Trinajstić information content (AvgIpc) is 3.29. The lowest BCUT2D eigenvalue weighted by molar-refractivity contribution is -0.0392. The molecule has 1 saturated heterocycles.